The normalized spacial score (nSPS) is 20.6. The minimum Gasteiger partial charge on any atom is -0.367 e. The number of carbonyl (C=O) groups is 1. The van der Waals surface area contributed by atoms with Crippen molar-refractivity contribution in [3.05, 3.63) is 30.3 Å². The molecule has 2 N–H and O–H groups in total. The van der Waals surface area contributed by atoms with Gasteiger partial charge in [0.25, 0.3) is 5.91 Å². The second-order valence-electron chi connectivity index (χ2n) is 4.12. The third-order valence-electron chi connectivity index (χ3n) is 2.91. The zero-order valence-corrected chi connectivity index (χ0v) is 9.84. The van der Waals surface area contributed by atoms with Gasteiger partial charge in [-0.25, -0.2) is 0 Å². The average molecular weight is 234 g/mol. The second-order valence-corrected chi connectivity index (χ2v) is 4.12. The second kappa shape index (κ2) is 5.80. The van der Waals surface area contributed by atoms with Gasteiger partial charge >= 0.3 is 0 Å². The van der Waals surface area contributed by atoms with Crippen molar-refractivity contribution in [2.24, 2.45) is 5.73 Å². The Labute approximate surface area is 101 Å². The number of carbonyl (C=O) groups excluding carboxylic acids is 1. The first-order chi connectivity index (χ1) is 8.33. The van der Waals surface area contributed by atoms with Gasteiger partial charge in [0.05, 0.1) is 6.61 Å². The summed E-state index contributed by atoms with van der Waals surface area (Å²) in [4.78, 5) is 14.0. The molecule has 1 unspecified atom stereocenters. The number of benzene rings is 1. The maximum Gasteiger partial charge on any atom is 0.256 e. The molecule has 1 amide bonds. The van der Waals surface area contributed by atoms with Crippen molar-refractivity contribution in [1.29, 1.82) is 0 Å². The smallest absolute Gasteiger partial charge is 0.256 e. The van der Waals surface area contributed by atoms with Gasteiger partial charge in [-0.15, -0.1) is 0 Å². The maximum atomic E-state index is 12.2. The highest BCUT2D eigenvalue weighted by Gasteiger charge is 2.29. The fourth-order valence-electron chi connectivity index (χ4n) is 2.02. The molecule has 1 aromatic rings. The molecule has 1 aromatic carbocycles. The van der Waals surface area contributed by atoms with Crippen LogP contribution in [0.15, 0.2) is 30.3 Å². The first-order valence-corrected chi connectivity index (χ1v) is 6.01. The van der Waals surface area contributed by atoms with Crippen LogP contribution >= 0.6 is 0 Å². The zero-order chi connectivity index (χ0) is 12.1. The van der Waals surface area contributed by atoms with E-state index in [4.69, 9.17) is 10.5 Å². The van der Waals surface area contributed by atoms with Gasteiger partial charge in [-0.2, -0.15) is 0 Å². The van der Waals surface area contributed by atoms with E-state index < -0.39 is 0 Å². The summed E-state index contributed by atoms with van der Waals surface area (Å²) in [6.45, 7) is 1.82. The molecule has 1 aliphatic rings. The molecule has 1 aliphatic heterocycles. The third kappa shape index (κ3) is 2.84. The number of hydrogen-bond acceptors (Lipinski definition) is 3. The SMILES string of the molecule is NCCCC1OCCN(c2ccccc2)C1=O. The Balaban J connectivity index is 2.06. The van der Waals surface area contributed by atoms with Crippen LogP contribution < -0.4 is 10.6 Å². The van der Waals surface area contributed by atoms with E-state index >= 15 is 0 Å². The Morgan fingerprint density at radius 3 is 2.82 bits per heavy atom. The number of morpholine rings is 1. The summed E-state index contributed by atoms with van der Waals surface area (Å²) in [6.07, 6.45) is 1.20. The average Bonchev–Trinajstić information content (AvgIpc) is 2.39. The monoisotopic (exact) mass is 234 g/mol. The molecule has 1 atom stereocenters. The molecule has 4 nitrogen and oxygen atoms in total. The van der Waals surface area contributed by atoms with E-state index in [1.165, 1.54) is 0 Å². The van der Waals surface area contributed by atoms with Crippen molar-refractivity contribution in [1.82, 2.24) is 0 Å². The van der Waals surface area contributed by atoms with Crippen molar-refractivity contribution in [3.63, 3.8) is 0 Å². The van der Waals surface area contributed by atoms with Gasteiger partial charge in [-0.05, 0) is 31.5 Å². The lowest BCUT2D eigenvalue weighted by Crippen LogP contribution is -2.48. The van der Waals surface area contributed by atoms with Crippen LogP contribution in [0.3, 0.4) is 0 Å². The number of para-hydroxylation sites is 1. The fraction of sp³-hybridized carbons (Fsp3) is 0.462. The molecule has 2 rings (SSSR count). The summed E-state index contributed by atoms with van der Waals surface area (Å²) in [5.41, 5.74) is 6.40. The highest BCUT2D eigenvalue weighted by atomic mass is 16.5. The molecule has 92 valence electrons. The summed E-state index contributed by atoms with van der Waals surface area (Å²) in [7, 11) is 0. The Kier molecular flexibility index (Phi) is 4.12. The fourth-order valence-corrected chi connectivity index (χ4v) is 2.02. The molecule has 1 heterocycles. The number of hydrogen-bond donors (Lipinski definition) is 1. The van der Waals surface area contributed by atoms with Gasteiger partial charge in [-0.1, -0.05) is 18.2 Å². The van der Waals surface area contributed by atoms with Gasteiger partial charge in [0.2, 0.25) is 0 Å². The number of amides is 1. The maximum absolute atomic E-state index is 12.2. The van der Waals surface area contributed by atoms with Crippen LogP contribution in [0.2, 0.25) is 0 Å². The van der Waals surface area contributed by atoms with E-state index in [1.807, 2.05) is 30.3 Å². The van der Waals surface area contributed by atoms with Crippen LogP contribution in [-0.4, -0.2) is 31.7 Å². The molecule has 1 saturated heterocycles. The van der Waals surface area contributed by atoms with E-state index in [1.54, 1.807) is 4.90 Å². The lowest BCUT2D eigenvalue weighted by molar-refractivity contribution is -0.134. The Morgan fingerprint density at radius 1 is 1.35 bits per heavy atom. The molecule has 0 spiro atoms. The van der Waals surface area contributed by atoms with Crippen molar-refractivity contribution in [2.75, 3.05) is 24.6 Å². The van der Waals surface area contributed by atoms with E-state index in [0.29, 0.717) is 26.1 Å². The van der Waals surface area contributed by atoms with Gasteiger partial charge in [-0.3, -0.25) is 4.79 Å². The summed E-state index contributed by atoms with van der Waals surface area (Å²) in [5.74, 6) is 0.0518. The number of nitrogens with two attached hydrogens (primary N) is 1. The van der Waals surface area contributed by atoms with Crippen molar-refractivity contribution in [2.45, 2.75) is 18.9 Å². The van der Waals surface area contributed by atoms with E-state index in [0.717, 1.165) is 12.1 Å². The minimum atomic E-state index is -0.326. The molecule has 4 heteroatoms. The van der Waals surface area contributed by atoms with E-state index in [-0.39, 0.29) is 12.0 Å². The molecule has 0 radical (unpaired) electrons. The number of nitrogens with zero attached hydrogens (tertiary/aromatic N) is 1. The van der Waals surface area contributed by atoms with Crippen LogP contribution in [0.25, 0.3) is 0 Å². The molecule has 0 aliphatic carbocycles. The van der Waals surface area contributed by atoms with Gasteiger partial charge in [0.1, 0.15) is 6.10 Å². The van der Waals surface area contributed by atoms with Crippen molar-refractivity contribution < 1.29 is 9.53 Å². The molecule has 17 heavy (non-hydrogen) atoms. The van der Waals surface area contributed by atoms with E-state index in [2.05, 4.69) is 0 Å². The highest BCUT2D eigenvalue weighted by molar-refractivity contribution is 5.97. The van der Waals surface area contributed by atoms with Gasteiger partial charge < -0.3 is 15.4 Å². The Hall–Kier alpha value is -1.39. The molecule has 0 saturated carbocycles. The summed E-state index contributed by atoms with van der Waals surface area (Å²) in [5, 5.41) is 0. The first-order valence-electron chi connectivity index (χ1n) is 6.01. The van der Waals surface area contributed by atoms with E-state index in [9.17, 15) is 4.79 Å². The zero-order valence-electron chi connectivity index (χ0n) is 9.84. The quantitative estimate of drug-likeness (QED) is 0.850. The Bertz CT molecular complexity index is 367. The third-order valence-corrected chi connectivity index (χ3v) is 2.91. The van der Waals surface area contributed by atoms with Crippen LogP contribution in [0.1, 0.15) is 12.8 Å². The largest absolute Gasteiger partial charge is 0.367 e. The molecule has 0 aromatic heterocycles. The summed E-state index contributed by atoms with van der Waals surface area (Å²) < 4.78 is 5.50. The topological polar surface area (TPSA) is 55.6 Å². The molecular weight excluding hydrogens is 216 g/mol. The highest BCUT2D eigenvalue weighted by Crippen LogP contribution is 2.20. The summed E-state index contributed by atoms with van der Waals surface area (Å²) in [6, 6.07) is 9.71. The standard InChI is InChI=1S/C13H18N2O2/c14-8-4-7-12-13(16)15(9-10-17-12)11-5-2-1-3-6-11/h1-3,5-6,12H,4,7-10,14H2. The number of rotatable bonds is 4. The lowest BCUT2D eigenvalue weighted by atomic mass is 10.1. The van der Waals surface area contributed by atoms with Gasteiger partial charge in [0, 0.05) is 12.2 Å². The minimum absolute atomic E-state index is 0.0518. The number of ether oxygens (including phenoxy) is 1. The molecule has 0 bridgehead atoms. The van der Waals surface area contributed by atoms with Crippen LogP contribution in [0.4, 0.5) is 5.69 Å². The predicted molar refractivity (Wildman–Crippen MR) is 66.8 cm³/mol. The summed E-state index contributed by atoms with van der Waals surface area (Å²) >= 11 is 0. The number of anilines is 1. The first kappa shape index (κ1) is 12.1. The van der Waals surface area contributed by atoms with Crippen LogP contribution in [-0.2, 0) is 9.53 Å². The predicted octanol–water partition coefficient (Wildman–Crippen LogP) is 1.16. The Morgan fingerprint density at radius 2 is 2.12 bits per heavy atom. The molecule has 1 fully saturated rings. The van der Waals surface area contributed by atoms with Crippen molar-refractivity contribution in [3.8, 4) is 0 Å². The lowest BCUT2D eigenvalue weighted by Gasteiger charge is -2.32. The van der Waals surface area contributed by atoms with Crippen LogP contribution in [0.5, 0.6) is 0 Å². The van der Waals surface area contributed by atoms with Gasteiger partial charge in [0.15, 0.2) is 0 Å². The molecular formula is C13H18N2O2. The van der Waals surface area contributed by atoms with Crippen molar-refractivity contribution >= 4 is 11.6 Å². The van der Waals surface area contributed by atoms with Crippen LogP contribution in [0, 0.1) is 0 Å².